The van der Waals surface area contributed by atoms with E-state index in [1.165, 1.54) is 64.2 Å². The molecule has 0 aliphatic heterocycles. The first kappa shape index (κ1) is 17.5. The summed E-state index contributed by atoms with van der Waals surface area (Å²) in [6, 6.07) is 0. The van der Waals surface area contributed by atoms with Crippen LogP contribution in [-0.4, -0.2) is 0 Å². The topological polar surface area (TPSA) is 0 Å². The van der Waals surface area contributed by atoms with E-state index in [1.807, 2.05) is 0 Å². The molecule has 0 nitrogen and oxygen atoms in total. The molecule has 0 aromatic carbocycles. The Morgan fingerprint density at radius 2 is 1.33 bits per heavy atom. The molecule has 0 aliphatic rings. The number of allylic oxidation sites excluding steroid dienone is 4. The van der Waals surface area contributed by atoms with E-state index in [2.05, 4.69) is 45.1 Å². The predicted octanol–water partition coefficient (Wildman–Crippen LogP) is 6.68. The van der Waals surface area contributed by atoms with Crippen LogP contribution in [-0.2, 0) is 0 Å². The van der Waals surface area contributed by atoms with Gasteiger partial charge >= 0.3 is 0 Å². The van der Waals surface area contributed by atoms with Crippen LogP contribution >= 0.6 is 0 Å². The van der Waals surface area contributed by atoms with Gasteiger partial charge in [-0.25, -0.2) is 0 Å². The van der Waals surface area contributed by atoms with Gasteiger partial charge in [-0.15, -0.1) is 0 Å². The first-order valence-electron chi connectivity index (χ1n) is 8.11. The first-order valence-corrected chi connectivity index (χ1v) is 8.11. The van der Waals surface area contributed by atoms with Gasteiger partial charge in [0.1, 0.15) is 0 Å². The summed E-state index contributed by atoms with van der Waals surface area (Å²) in [4.78, 5) is 0. The average Bonchev–Trinajstić information content (AvgIpc) is 2.37. The molecule has 0 amide bonds. The molecule has 0 rings (SSSR count). The van der Waals surface area contributed by atoms with E-state index in [-0.39, 0.29) is 0 Å². The molecule has 0 N–H and O–H groups in total. The molecule has 106 valence electrons. The molecule has 0 heteroatoms. The maximum atomic E-state index is 2.39. The molecule has 0 aliphatic carbocycles. The molecule has 1 atom stereocenters. The van der Waals surface area contributed by atoms with Gasteiger partial charge in [0.15, 0.2) is 0 Å². The lowest BCUT2D eigenvalue weighted by atomic mass is 10.0. The van der Waals surface area contributed by atoms with Gasteiger partial charge in [-0.1, -0.05) is 77.2 Å². The fraction of sp³-hybridized carbons (Fsp3) is 0.778. The minimum atomic E-state index is 0.800. The minimum absolute atomic E-state index is 0.800. The summed E-state index contributed by atoms with van der Waals surface area (Å²) >= 11 is 0. The van der Waals surface area contributed by atoms with Crippen molar-refractivity contribution >= 4 is 0 Å². The number of unbranched alkanes of at least 4 members (excludes halogenated alkanes) is 6. The van der Waals surface area contributed by atoms with E-state index >= 15 is 0 Å². The molecule has 0 saturated carbocycles. The second-order valence-electron chi connectivity index (χ2n) is 5.48. The van der Waals surface area contributed by atoms with Crippen molar-refractivity contribution in [1.29, 1.82) is 0 Å². The highest BCUT2D eigenvalue weighted by atomic mass is 14.0. The van der Waals surface area contributed by atoms with Crippen molar-refractivity contribution < 1.29 is 0 Å². The fourth-order valence-corrected chi connectivity index (χ4v) is 2.08. The van der Waals surface area contributed by atoms with Gasteiger partial charge < -0.3 is 0 Å². The summed E-state index contributed by atoms with van der Waals surface area (Å²) in [6.45, 7) is 6.82. The summed E-state index contributed by atoms with van der Waals surface area (Å²) in [5.74, 6) is 0.800. The highest BCUT2D eigenvalue weighted by Gasteiger charge is 1.95. The molecule has 0 aromatic heterocycles. The summed E-state index contributed by atoms with van der Waals surface area (Å²) in [5.41, 5.74) is 0. The van der Waals surface area contributed by atoms with Crippen molar-refractivity contribution in [3.63, 3.8) is 0 Å². The number of hydrogen-bond donors (Lipinski definition) is 0. The first-order chi connectivity index (χ1) is 8.81. The molecule has 1 unspecified atom stereocenters. The van der Waals surface area contributed by atoms with E-state index in [9.17, 15) is 0 Å². The van der Waals surface area contributed by atoms with Crippen LogP contribution in [0, 0.1) is 5.92 Å². The van der Waals surface area contributed by atoms with Gasteiger partial charge in [0.05, 0.1) is 0 Å². The zero-order valence-electron chi connectivity index (χ0n) is 13.0. The molecule has 0 aromatic rings. The van der Waals surface area contributed by atoms with Crippen LogP contribution in [0.15, 0.2) is 24.3 Å². The van der Waals surface area contributed by atoms with E-state index in [4.69, 9.17) is 0 Å². The lowest BCUT2D eigenvalue weighted by molar-refractivity contribution is 0.596. The SMILES string of the molecule is CCC=CCC(C)CC=CCCCCCCCC. The maximum absolute atomic E-state index is 2.39. The standard InChI is InChI=1S/C18H34/c1-4-6-8-9-10-11-12-13-15-17-18(3)16-14-7-5-2/h7,13-15,18H,4-6,8-12,16-17H2,1-3H3. The smallest absolute Gasteiger partial charge is 0.0322 e. The molecular formula is C18H34. The molecular weight excluding hydrogens is 216 g/mol. The Kier molecular flexibility index (Phi) is 14.1. The highest BCUT2D eigenvalue weighted by molar-refractivity contribution is 4.87. The summed E-state index contributed by atoms with van der Waals surface area (Å²) < 4.78 is 0. The summed E-state index contributed by atoms with van der Waals surface area (Å²) in [7, 11) is 0. The largest absolute Gasteiger partial charge is 0.0888 e. The van der Waals surface area contributed by atoms with Crippen molar-refractivity contribution in [3.8, 4) is 0 Å². The maximum Gasteiger partial charge on any atom is -0.0322 e. The van der Waals surface area contributed by atoms with Crippen molar-refractivity contribution in [2.24, 2.45) is 5.92 Å². The monoisotopic (exact) mass is 250 g/mol. The van der Waals surface area contributed by atoms with Crippen molar-refractivity contribution in [1.82, 2.24) is 0 Å². The second kappa shape index (κ2) is 14.5. The van der Waals surface area contributed by atoms with Crippen LogP contribution in [0.2, 0.25) is 0 Å². The second-order valence-corrected chi connectivity index (χ2v) is 5.48. The summed E-state index contributed by atoms with van der Waals surface area (Å²) in [6.07, 6.45) is 22.7. The zero-order chi connectivity index (χ0) is 13.5. The molecule has 0 heterocycles. The van der Waals surface area contributed by atoms with Gasteiger partial charge in [-0.05, 0) is 38.0 Å². The Hall–Kier alpha value is -0.520. The Bertz CT molecular complexity index is 200. The van der Waals surface area contributed by atoms with Crippen molar-refractivity contribution in [3.05, 3.63) is 24.3 Å². The van der Waals surface area contributed by atoms with Gasteiger partial charge in [-0.3, -0.25) is 0 Å². The number of rotatable bonds is 12. The van der Waals surface area contributed by atoms with E-state index in [1.54, 1.807) is 0 Å². The normalized spacial score (nSPS) is 13.7. The third-order valence-electron chi connectivity index (χ3n) is 3.37. The van der Waals surface area contributed by atoms with E-state index < -0.39 is 0 Å². The van der Waals surface area contributed by atoms with Gasteiger partial charge in [0.25, 0.3) is 0 Å². The van der Waals surface area contributed by atoms with Crippen LogP contribution in [0.1, 0.15) is 85.0 Å². The molecule has 0 bridgehead atoms. The fourth-order valence-electron chi connectivity index (χ4n) is 2.08. The average molecular weight is 250 g/mol. The Labute approximate surface area is 116 Å². The molecule has 0 spiro atoms. The molecule has 0 saturated heterocycles. The predicted molar refractivity (Wildman–Crippen MR) is 85.0 cm³/mol. The van der Waals surface area contributed by atoms with Crippen LogP contribution in [0.5, 0.6) is 0 Å². The highest BCUT2D eigenvalue weighted by Crippen LogP contribution is 2.11. The third-order valence-corrected chi connectivity index (χ3v) is 3.37. The lowest BCUT2D eigenvalue weighted by Gasteiger charge is -2.04. The van der Waals surface area contributed by atoms with Gasteiger partial charge in [0.2, 0.25) is 0 Å². The summed E-state index contributed by atoms with van der Waals surface area (Å²) in [5, 5.41) is 0. The third kappa shape index (κ3) is 13.5. The zero-order valence-corrected chi connectivity index (χ0v) is 13.0. The Balaban J connectivity index is 3.29. The van der Waals surface area contributed by atoms with E-state index in [0.29, 0.717) is 0 Å². The molecule has 0 radical (unpaired) electrons. The van der Waals surface area contributed by atoms with Gasteiger partial charge in [-0.2, -0.15) is 0 Å². The van der Waals surface area contributed by atoms with Crippen LogP contribution < -0.4 is 0 Å². The van der Waals surface area contributed by atoms with Crippen LogP contribution in [0.3, 0.4) is 0 Å². The minimum Gasteiger partial charge on any atom is -0.0888 e. The van der Waals surface area contributed by atoms with Crippen molar-refractivity contribution in [2.75, 3.05) is 0 Å². The lowest BCUT2D eigenvalue weighted by Crippen LogP contribution is -1.89. The Morgan fingerprint density at radius 3 is 2.00 bits per heavy atom. The van der Waals surface area contributed by atoms with Gasteiger partial charge in [0, 0.05) is 0 Å². The molecule has 0 fully saturated rings. The van der Waals surface area contributed by atoms with E-state index in [0.717, 1.165) is 5.92 Å². The Morgan fingerprint density at radius 1 is 0.722 bits per heavy atom. The van der Waals surface area contributed by atoms with Crippen LogP contribution in [0.4, 0.5) is 0 Å². The quantitative estimate of drug-likeness (QED) is 0.268. The van der Waals surface area contributed by atoms with Crippen molar-refractivity contribution in [2.45, 2.75) is 85.0 Å². The molecule has 18 heavy (non-hydrogen) atoms. The van der Waals surface area contributed by atoms with Crippen LogP contribution in [0.25, 0.3) is 0 Å². The number of hydrogen-bond acceptors (Lipinski definition) is 0.